The number of halogens is 3. The SMILES string of the molecule is CC(=O)SCCC(=O)Nc1cn[nH]c1Cl.CC(=O)[S-].O=C(CCCl)Cc1cn[nH]c1Cl.[K+]. The van der Waals surface area contributed by atoms with Crippen LogP contribution in [0.2, 0.25) is 10.3 Å². The van der Waals surface area contributed by atoms with Crippen LogP contribution in [0.25, 0.3) is 0 Å². The molecule has 32 heavy (non-hydrogen) atoms. The third-order valence-electron chi connectivity index (χ3n) is 2.93. The van der Waals surface area contributed by atoms with Crippen molar-refractivity contribution >= 4 is 86.8 Å². The molecule has 0 unspecified atom stereocenters. The Morgan fingerprint density at radius 3 is 2.06 bits per heavy atom. The van der Waals surface area contributed by atoms with Gasteiger partial charge in [0.15, 0.2) is 5.12 Å². The van der Waals surface area contributed by atoms with E-state index in [1.807, 2.05) is 0 Å². The van der Waals surface area contributed by atoms with E-state index >= 15 is 0 Å². The van der Waals surface area contributed by atoms with E-state index in [0.29, 0.717) is 40.5 Å². The summed E-state index contributed by atoms with van der Waals surface area (Å²) in [5.41, 5.74) is 1.18. The van der Waals surface area contributed by atoms with Crippen LogP contribution < -0.4 is 56.7 Å². The molecule has 0 fully saturated rings. The molecule has 1 amide bonds. The molecular weight excluding hydrogens is 548 g/mol. The molecule has 172 valence electrons. The average Bonchev–Trinajstić information content (AvgIpc) is 3.23. The number of ketones is 1. The molecule has 2 heterocycles. The monoisotopic (exact) mass is 567 g/mol. The number of carbonyl (C=O) groups is 4. The van der Waals surface area contributed by atoms with E-state index in [1.165, 1.54) is 20.0 Å². The smallest absolute Gasteiger partial charge is 0.742 e. The number of nitrogens with one attached hydrogen (secondary N) is 3. The van der Waals surface area contributed by atoms with Crippen molar-refractivity contribution in [3.63, 3.8) is 0 Å². The molecule has 0 bridgehead atoms. The number of anilines is 1. The molecule has 0 saturated heterocycles. The minimum absolute atomic E-state index is 0. The Morgan fingerprint density at radius 2 is 1.62 bits per heavy atom. The van der Waals surface area contributed by atoms with Gasteiger partial charge >= 0.3 is 51.4 Å². The molecule has 2 aromatic heterocycles. The largest absolute Gasteiger partial charge is 1.00 e. The van der Waals surface area contributed by atoms with E-state index in [4.69, 9.17) is 34.8 Å². The van der Waals surface area contributed by atoms with Crippen molar-refractivity contribution in [3.05, 3.63) is 28.3 Å². The molecule has 15 heteroatoms. The molecule has 3 N–H and O–H groups in total. The third kappa shape index (κ3) is 18.4. The van der Waals surface area contributed by atoms with Gasteiger partial charge in [0.2, 0.25) is 5.91 Å². The Bertz CT molecular complexity index is 863. The van der Waals surface area contributed by atoms with E-state index in [2.05, 4.69) is 38.3 Å². The van der Waals surface area contributed by atoms with Crippen LogP contribution in [0.1, 0.15) is 32.3 Å². The number of H-pyrrole nitrogens is 2. The summed E-state index contributed by atoms with van der Waals surface area (Å²) >= 11 is 21.9. The number of hydrogen-bond donors (Lipinski definition) is 3. The quantitative estimate of drug-likeness (QED) is 0.239. The molecule has 0 atom stereocenters. The Kier molecular flexibility index (Phi) is 21.7. The Balaban J connectivity index is 0. The first-order valence-corrected chi connectivity index (χ1v) is 11.3. The van der Waals surface area contributed by atoms with Crippen molar-refractivity contribution in [2.45, 2.75) is 33.1 Å². The Morgan fingerprint density at radius 1 is 1.06 bits per heavy atom. The maximum Gasteiger partial charge on any atom is 1.00 e. The van der Waals surface area contributed by atoms with Gasteiger partial charge in [-0.3, -0.25) is 24.6 Å². The van der Waals surface area contributed by atoms with Gasteiger partial charge in [-0.2, -0.15) is 10.2 Å². The van der Waals surface area contributed by atoms with E-state index in [-0.39, 0.29) is 79.7 Å². The minimum atomic E-state index is -0.250. The Labute approximate surface area is 253 Å². The van der Waals surface area contributed by atoms with Crippen LogP contribution in [-0.4, -0.2) is 53.9 Å². The van der Waals surface area contributed by atoms with E-state index in [1.54, 1.807) is 6.20 Å². The maximum atomic E-state index is 11.3. The number of rotatable bonds is 8. The number of aromatic amines is 2. The predicted molar refractivity (Wildman–Crippen MR) is 126 cm³/mol. The molecule has 0 spiro atoms. The zero-order valence-corrected chi connectivity index (χ0v) is 24.7. The zero-order valence-electron chi connectivity index (χ0n) is 17.7. The van der Waals surface area contributed by atoms with Crippen LogP contribution in [0.4, 0.5) is 5.69 Å². The normalized spacial score (nSPS) is 9.28. The summed E-state index contributed by atoms with van der Waals surface area (Å²) < 4.78 is 0. The maximum absolute atomic E-state index is 11.3. The standard InChI is InChI=1S/C8H10ClN3O2S.C7H8Cl2N2O.C2H4OS.K/c1-5(13)15-3-2-7(14)11-6-4-10-12-8(6)9;8-2-1-6(12)3-5-4-10-11-7(5)9;1-2(3)4;/h4H,2-3H2,1H3,(H,10,12)(H,11,14);4H,1-3H2,(H,10,11);1H3,(H,3,4);/q;;;+1/p-1. The van der Waals surface area contributed by atoms with Crippen molar-refractivity contribution in [1.82, 2.24) is 20.4 Å². The van der Waals surface area contributed by atoms with Crippen LogP contribution in [0.15, 0.2) is 12.4 Å². The predicted octanol–water partition coefficient (Wildman–Crippen LogP) is 0.559. The topological polar surface area (TPSA) is 138 Å². The Hall–Kier alpha value is -0.0236. The van der Waals surface area contributed by atoms with Gasteiger partial charge in [-0.05, 0) is 6.92 Å². The third-order valence-corrected chi connectivity index (χ3v) is 4.55. The van der Waals surface area contributed by atoms with Gasteiger partial charge < -0.3 is 22.7 Å². The van der Waals surface area contributed by atoms with Gasteiger partial charge in [0.05, 0.1) is 18.1 Å². The average molecular weight is 569 g/mol. The summed E-state index contributed by atoms with van der Waals surface area (Å²) in [6, 6.07) is 0. The second-order valence-corrected chi connectivity index (χ2v) is 8.57. The second kappa shape index (κ2) is 20.4. The van der Waals surface area contributed by atoms with Crippen molar-refractivity contribution in [1.29, 1.82) is 0 Å². The number of alkyl halides is 1. The van der Waals surface area contributed by atoms with Gasteiger partial charge in [0.1, 0.15) is 16.1 Å². The first kappa shape index (κ1) is 34.1. The van der Waals surface area contributed by atoms with Gasteiger partial charge in [-0.25, -0.2) is 0 Å². The van der Waals surface area contributed by atoms with Gasteiger partial charge in [-0.15, -0.1) is 11.6 Å². The number of Topliss-reactive ketones (excluding diaryl/α,β-unsaturated/α-hetero) is 1. The molecular formula is C17H21Cl3KN5O4S2. The molecule has 0 aromatic carbocycles. The van der Waals surface area contributed by atoms with E-state index < -0.39 is 0 Å². The van der Waals surface area contributed by atoms with Crippen LogP contribution >= 0.6 is 46.6 Å². The fourth-order valence-electron chi connectivity index (χ4n) is 1.68. The number of nitrogens with zero attached hydrogens (tertiary/aromatic N) is 2. The molecule has 0 aliphatic heterocycles. The summed E-state index contributed by atoms with van der Waals surface area (Å²) in [6.45, 7) is 2.81. The molecule has 2 rings (SSSR count). The summed E-state index contributed by atoms with van der Waals surface area (Å²) in [5.74, 6) is 0.714. The van der Waals surface area contributed by atoms with E-state index in [0.717, 1.165) is 17.3 Å². The van der Waals surface area contributed by atoms with Crippen molar-refractivity contribution in [3.8, 4) is 0 Å². The van der Waals surface area contributed by atoms with Crippen LogP contribution in [0.3, 0.4) is 0 Å². The van der Waals surface area contributed by atoms with Gasteiger partial charge in [0.25, 0.3) is 0 Å². The minimum Gasteiger partial charge on any atom is -0.742 e. The summed E-state index contributed by atoms with van der Waals surface area (Å²) in [5, 5.41) is 15.4. The van der Waals surface area contributed by atoms with Crippen molar-refractivity contribution < 1.29 is 70.6 Å². The first-order chi connectivity index (χ1) is 14.6. The molecule has 0 aliphatic carbocycles. The molecule has 9 nitrogen and oxygen atoms in total. The fourth-order valence-corrected chi connectivity index (χ4v) is 2.78. The summed E-state index contributed by atoms with van der Waals surface area (Å²) in [6.07, 6.45) is 3.93. The number of thioether (sulfide) groups is 1. The van der Waals surface area contributed by atoms with Gasteiger partial charge in [-0.1, -0.05) is 35.0 Å². The number of carbonyl (C=O) groups excluding carboxylic acids is 4. The summed E-state index contributed by atoms with van der Waals surface area (Å²) in [7, 11) is 0. The number of amides is 1. The van der Waals surface area contributed by atoms with Gasteiger partial charge in [0, 0.05) is 48.5 Å². The molecule has 0 aliphatic rings. The molecule has 0 radical (unpaired) electrons. The van der Waals surface area contributed by atoms with Crippen LogP contribution in [0.5, 0.6) is 0 Å². The summed E-state index contributed by atoms with van der Waals surface area (Å²) in [4.78, 5) is 42.2. The van der Waals surface area contributed by atoms with Crippen LogP contribution in [0, 0.1) is 0 Å². The molecule has 0 saturated carbocycles. The van der Waals surface area contributed by atoms with E-state index in [9.17, 15) is 19.2 Å². The first-order valence-electron chi connectivity index (χ1n) is 8.61. The number of aromatic nitrogens is 4. The molecule has 2 aromatic rings. The van der Waals surface area contributed by atoms with Crippen LogP contribution in [-0.2, 0) is 38.2 Å². The second-order valence-electron chi connectivity index (χ2n) is 5.59. The number of hydrogen-bond acceptors (Lipinski definition) is 8. The van der Waals surface area contributed by atoms with Crippen molar-refractivity contribution in [2.75, 3.05) is 16.9 Å². The van der Waals surface area contributed by atoms with Crippen molar-refractivity contribution in [2.24, 2.45) is 0 Å². The fraction of sp³-hybridized carbons (Fsp3) is 0.412. The zero-order chi connectivity index (χ0) is 23.8.